The van der Waals surface area contributed by atoms with Crippen molar-refractivity contribution in [1.29, 1.82) is 0 Å². The van der Waals surface area contributed by atoms with Gasteiger partial charge in [0, 0.05) is 18.6 Å². The highest BCUT2D eigenvalue weighted by Crippen LogP contribution is 2.28. The van der Waals surface area contributed by atoms with Gasteiger partial charge in [0.05, 0.1) is 0 Å². The van der Waals surface area contributed by atoms with Gasteiger partial charge in [0.15, 0.2) is 17.5 Å². The topological polar surface area (TPSA) is 77.3 Å². The lowest BCUT2D eigenvalue weighted by molar-refractivity contribution is 0.587. The van der Waals surface area contributed by atoms with E-state index in [0.29, 0.717) is 34.6 Å². The Bertz CT molecular complexity index is 1150. The highest BCUT2D eigenvalue weighted by atomic mass is 15.1. The Kier molecular flexibility index (Phi) is 6.50. The molecule has 0 atom stereocenters. The fraction of sp³-hybridized carbons (Fsp3) is 0.400. The van der Waals surface area contributed by atoms with Crippen LogP contribution in [0.2, 0.25) is 0 Å². The summed E-state index contributed by atoms with van der Waals surface area (Å²) in [5, 5.41) is 0. The van der Waals surface area contributed by atoms with Gasteiger partial charge in [-0.3, -0.25) is 15.0 Å². The Morgan fingerprint density at radius 3 is 0.806 bits per heavy atom. The molecule has 0 fully saturated rings. The van der Waals surface area contributed by atoms with E-state index in [4.69, 9.17) is 15.0 Å². The van der Waals surface area contributed by atoms with Crippen molar-refractivity contribution in [2.75, 3.05) is 0 Å². The standard InChI is InChI=1S/C30H36N6/c1-28(2,3)19-10-13-22(31-16-19)25-34-26(23-14-11-20(17-32-23)29(4,5)6)36-27(35-25)24-15-12-21(18-33-24)30(7,8)9/h10-18H,1-9H3. The van der Waals surface area contributed by atoms with Gasteiger partial charge < -0.3 is 0 Å². The quantitative estimate of drug-likeness (QED) is 0.316. The summed E-state index contributed by atoms with van der Waals surface area (Å²) in [5.74, 6) is 1.50. The van der Waals surface area contributed by atoms with Crippen LogP contribution in [0, 0.1) is 0 Å². The molecule has 0 aromatic carbocycles. The first kappa shape index (κ1) is 25.5. The summed E-state index contributed by atoms with van der Waals surface area (Å²) < 4.78 is 0. The molecule has 4 aromatic heterocycles. The predicted octanol–water partition coefficient (Wildman–Crippen LogP) is 6.95. The predicted molar refractivity (Wildman–Crippen MR) is 146 cm³/mol. The van der Waals surface area contributed by atoms with Crippen LogP contribution in [0.25, 0.3) is 34.6 Å². The first-order valence-electron chi connectivity index (χ1n) is 12.4. The van der Waals surface area contributed by atoms with Crippen LogP contribution in [0.5, 0.6) is 0 Å². The third-order valence-electron chi connectivity index (χ3n) is 6.21. The molecule has 0 radical (unpaired) electrons. The Hall–Kier alpha value is -3.54. The molecule has 4 heterocycles. The van der Waals surface area contributed by atoms with Crippen LogP contribution >= 0.6 is 0 Å². The minimum absolute atomic E-state index is 0.0123. The van der Waals surface area contributed by atoms with Crippen molar-refractivity contribution in [1.82, 2.24) is 29.9 Å². The van der Waals surface area contributed by atoms with Crippen LogP contribution in [0.15, 0.2) is 55.0 Å². The average molecular weight is 481 g/mol. The summed E-state index contributed by atoms with van der Waals surface area (Å²) in [5.41, 5.74) is 5.55. The van der Waals surface area contributed by atoms with Gasteiger partial charge in [-0.15, -0.1) is 0 Å². The smallest absolute Gasteiger partial charge is 0.182 e. The molecule has 6 nitrogen and oxygen atoms in total. The summed E-state index contributed by atoms with van der Waals surface area (Å²) in [6.45, 7) is 19.5. The van der Waals surface area contributed by atoms with Crippen molar-refractivity contribution < 1.29 is 0 Å². The zero-order chi connectivity index (χ0) is 26.3. The first-order chi connectivity index (χ1) is 16.7. The third-order valence-corrected chi connectivity index (χ3v) is 6.21. The van der Waals surface area contributed by atoms with Gasteiger partial charge in [-0.25, -0.2) is 15.0 Å². The number of hydrogen-bond donors (Lipinski definition) is 0. The van der Waals surface area contributed by atoms with E-state index >= 15 is 0 Å². The highest BCUT2D eigenvalue weighted by Gasteiger charge is 2.20. The van der Waals surface area contributed by atoms with Crippen molar-refractivity contribution in [3.63, 3.8) is 0 Å². The molecule has 0 N–H and O–H groups in total. The fourth-order valence-corrected chi connectivity index (χ4v) is 3.63. The van der Waals surface area contributed by atoms with E-state index in [-0.39, 0.29) is 16.2 Å². The van der Waals surface area contributed by atoms with Gasteiger partial charge in [0.25, 0.3) is 0 Å². The molecule has 0 saturated heterocycles. The summed E-state index contributed by atoms with van der Waals surface area (Å²) in [4.78, 5) is 28.3. The van der Waals surface area contributed by atoms with Crippen LogP contribution < -0.4 is 0 Å². The molecule has 186 valence electrons. The maximum Gasteiger partial charge on any atom is 0.182 e. The number of rotatable bonds is 3. The highest BCUT2D eigenvalue weighted by molar-refractivity contribution is 5.62. The lowest BCUT2D eigenvalue weighted by Crippen LogP contribution is -2.12. The molecule has 6 heteroatoms. The average Bonchev–Trinajstić information content (AvgIpc) is 2.82. The molecule has 0 unspecified atom stereocenters. The maximum absolute atomic E-state index is 4.76. The first-order valence-corrected chi connectivity index (χ1v) is 12.4. The second-order valence-electron chi connectivity index (χ2n) is 12.4. The van der Waals surface area contributed by atoms with Crippen molar-refractivity contribution in [3.8, 4) is 34.6 Å². The number of aromatic nitrogens is 6. The van der Waals surface area contributed by atoms with E-state index in [1.54, 1.807) is 0 Å². The second kappa shape index (κ2) is 9.16. The van der Waals surface area contributed by atoms with Crippen LogP contribution in [0.1, 0.15) is 79.0 Å². The van der Waals surface area contributed by atoms with E-state index in [1.807, 2.05) is 36.8 Å². The van der Waals surface area contributed by atoms with E-state index in [9.17, 15) is 0 Å². The Balaban J connectivity index is 1.82. The van der Waals surface area contributed by atoms with Crippen LogP contribution in [0.3, 0.4) is 0 Å². The molecule has 0 bridgehead atoms. The largest absolute Gasteiger partial charge is 0.253 e. The summed E-state index contributed by atoms with van der Waals surface area (Å²) in [7, 11) is 0. The van der Waals surface area contributed by atoms with Gasteiger partial charge in [-0.2, -0.15) is 0 Å². The zero-order valence-corrected chi connectivity index (χ0v) is 22.9. The van der Waals surface area contributed by atoms with Gasteiger partial charge >= 0.3 is 0 Å². The molecule has 36 heavy (non-hydrogen) atoms. The normalized spacial score (nSPS) is 12.6. The van der Waals surface area contributed by atoms with E-state index in [1.165, 1.54) is 0 Å². The number of pyridine rings is 3. The van der Waals surface area contributed by atoms with Gasteiger partial charge in [0.2, 0.25) is 0 Å². The van der Waals surface area contributed by atoms with Crippen molar-refractivity contribution in [2.45, 2.75) is 78.6 Å². The van der Waals surface area contributed by atoms with E-state index in [2.05, 4.69) is 95.5 Å². The minimum atomic E-state index is 0.0123. The monoisotopic (exact) mass is 480 g/mol. The molecule has 4 aromatic rings. The molecule has 0 aliphatic rings. The van der Waals surface area contributed by atoms with Crippen LogP contribution in [-0.2, 0) is 16.2 Å². The Morgan fingerprint density at radius 2 is 0.639 bits per heavy atom. The fourth-order valence-electron chi connectivity index (χ4n) is 3.63. The lowest BCUT2D eigenvalue weighted by atomic mass is 9.88. The van der Waals surface area contributed by atoms with E-state index in [0.717, 1.165) is 16.7 Å². The van der Waals surface area contributed by atoms with E-state index < -0.39 is 0 Å². The summed E-state index contributed by atoms with van der Waals surface area (Å²) >= 11 is 0. The second-order valence-corrected chi connectivity index (χ2v) is 12.4. The van der Waals surface area contributed by atoms with Crippen molar-refractivity contribution in [3.05, 3.63) is 71.7 Å². The molecular formula is C30H36N6. The summed E-state index contributed by atoms with van der Waals surface area (Å²) in [6.07, 6.45) is 5.68. The van der Waals surface area contributed by atoms with Crippen molar-refractivity contribution >= 4 is 0 Å². The van der Waals surface area contributed by atoms with Gasteiger partial charge in [-0.05, 0) is 51.1 Å². The lowest BCUT2D eigenvalue weighted by Gasteiger charge is -2.19. The van der Waals surface area contributed by atoms with Crippen molar-refractivity contribution in [2.24, 2.45) is 0 Å². The molecule has 0 aliphatic carbocycles. The Morgan fingerprint density at radius 1 is 0.389 bits per heavy atom. The van der Waals surface area contributed by atoms with Crippen LogP contribution in [0.4, 0.5) is 0 Å². The molecule has 4 rings (SSSR count). The molecule has 0 amide bonds. The molecule has 0 aliphatic heterocycles. The molecular weight excluding hydrogens is 444 g/mol. The van der Waals surface area contributed by atoms with Gasteiger partial charge in [-0.1, -0.05) is 80.5 Å². The maximum atomic E-state index is 4.76. The molecule has 0 saturated carbocycles. The minimum Gasteiger partial charge on any atom is -0.253 e. The number of hydrogen-bond acceptors (Lipinski definition) is 6. The zero-order valence-electron chi connectivity index (χ0n) is 22.9. The number of nitrogens with zero attached hydrogens (tertiary/aromatic N) is 6. The third kappa shape index (κ3) is 5.64. The molecule has 0 spiro atoms. The summed E-state index contributed by atoms with van der Waals surface area (Å²) in [6, 6.07) is 12.1. The van der Waals surface area contributed by atoms with Gasteiger partial charge in [0.1, 0.15) is 17.1 Å². The Labute approximate surface area is 214 Å². The SMILES string of the molecule is CC(C)(C)c1ccc(-c2nc(-c3ccc(C(C)(C)C)cn3)nc(-c3ccc(C(C)(C)C)cn3)n2)nc1. The van der Waals surface area contributed by atoms with Crippen LogP contribution in [-0.4, -0.2) is 29.9 Å².